The summed E-state index contributed by atoms with van der Waals surface area (Å²) in [6, 6.07) is 4.72. The Labute approximate surface area is 132 Å². The summed E-state index contributed by atoms with van der Waals surface area (Å²) in [4.78, 5) is 25.8. The van der Waals surface area contributed by atoms with Gasteiger partial charge in [0.2, 0.25) is 0 Å². The maximum atomic E-state index is 12.6. The molecule has 0 radical (unpaired) electrons. The first-order chi connectivity index (χ1) is 10.0. The Morgan fingerprint density at radius 2 is 2.05 bits per heavy atom. The van der Waals surface area contributed by atoms with E-state index >= 15 is 0 Å². The monoisotopic (exact) mass is 355 g/mol. The van der Waals surface area contributed by atoms with Crippen LogP contribution in [0.3, 0.4) is 0 Å². The molecule has 1 aliphatic rings. The molecule has 1 aromatic rings. The van der Waals surface area contributed by atoms with Crippen LogP contribution in [0.2, 0.25) is 0 Å². The Balaban J connectivity index is 2.23. The highest BCUT2D eigenvalue weighted by Crippen LogP contribution is 2.28. The molecular weight excluding hydrogens is 338 g/mol. The zero-order valence-electron chi connectivity index (χ0n) is 11.8. The summed E-state index contributed by atoms with van der Waals surface area (Å²) >= 11 is 3.18. The lowest BCUT2D eigenvalue weighted by atomic mass is 10.1. The number of nitrogens with zero attached hydrogens (tertiary/aromatic N) is 1. The minimum Gasteiger partial charge on any atom is -0.507 e. The van der Waals surface area contributed by atoms with Crippen molar-refractivity contribution >= 4 is 27.8 Å². The number of phenols is 1. The number of ether oxygens (including phenoxy) is 1. The highest BCUT2D eigenvalue weighted by molar-refractivity contribution is 9.10. The molecule has 0 heterocycles. The largest absolute Gasteiger partial charge is 0.507 e. The fourth-order valence-electron chi connectivity index (χ4n) is 2.60. The van der Waals surface area contributed by atoms with E-state index in [2.05, 4.69) is 20.7 Å². The second kappa shape index (κ2) is 6.93. The van der Waals surface area contributed by atoms with Crippen molar-refractivity contribution in [2.45, 2.75) is 31.7 Å². The molecule has 0 unspecified atom stereocenters. The van der Waals surface area contributed by atoms with E-state index in [1.165, 1.54) is 13.2 Å². The minimum atomic E-state index is -0.434. The molecule has 114 valence electrons. The van der Waals surface area contributed by atoms with Crippen LogP contribution in [-0.2, 0) is 9.53 Å². The molecule has 5 nitrogen and oxygen atoms in total. The van der Waals surface area contributed by atoms with Gasteiger partial charge in [-0.25, -0.2) is 0 Å². The predicted molar refractivity (Wildman–Crippen MR) is 81.1 cm³/mol. The number of methoxy groups -OCH3 is 1. The summed E-state index contributed by atoms with van der Waals surface area (Å²) < 4.78 is 5.21. The van der Waals surface area contributed by atoms with Gasteiger partial charge in [-0.1, -0.05) is 12.8 Å². The van der Waals surface area contributed by atoms with E-state index in [-0.39, 0.29) is 24.2 Å². The van der Waals surface area contributed by atoms with Crippen LogP contribution < -0.4 is 0 Å². The molecule has 1 saturated carbocycles. The fourth-order valence-corrected chi connectivity index (χ4v) is 2.84. The van der Waals surface area contributed by atoms with Gasteiger partial charge in [0.15, 0.2) is 0 Å². The van der Waals surface area contributed by atoms with Crippen LogP contribution >= 0.6 is 15.9 Å². The number of carbonyl (C=O) groups excluding carboxylic acids is 2. The molecule has 1 N–H and O–H groups in total. The van der Waals surface area contributed by atoms with Gasteiger partial charge in [0.1, 0.15) is 12.3 Å². The van der Waals surface area contributed by atoms with E-state index in [1.807, 2.05) is 0 Å². The van der Waals surface area contributed by atoms with Crippen LogP contribution in [0.4, 0.5) is 0 Å². The number of hydrogen-bond donors (Lipinski definition) is 1. The first-order valence-corrected chi connectivity index (χ1v) is 7.68. The molecule has 1 fully saturated rings. The first kappa shape index (κ1) is 15.8. The Hall–Kier alpha value is -1.56. The molecule has 1 amide bonds. The molecule has 0 bridgehead atoms. The second-order valence-corrected chi connectivity index (χ2v) is 5.97. The Bertz CT molecular complexity index is 540. The van der Waals surface area contributed by atoms with Gasteiger partial charge >= 0.3 is 5.97 Å². The average Bonchev–Trinajstić information content (AvgIpc) is 3.00. The number of hydrogen-bond acceptors (Lipinski definition) is 4. The van der Waals surface area contributed by atoms with Crippen molar-refractivity contribution in [3.63, 3.8) is 0 Å². The summed E-state index contributed by atoms with van der Waals surface area (Å²) in [5.74, 6) is -0.683. The zero-order chi connectivity index (χ0) is 15.4. The van der Waals surface area contributed by atoms with Crippen LogP contribution in [0.25, 0.3) is 0 Å². The zero-order valence-corrected chi connectivity index (χ0v) is 13.4. The van der Waals surface area contributed by atoms with E-state index in [0.717, 1.165) is 25.7 Å². The van der Waals surface area contributed by atoms with Gasteiger partial charge < -0.3 is 14.7 Å². The van der Waals surface area contributed by atoms with Crippen molar-refractivity contribution in [3.8, 4) is 5.75 Å². The smallest absolute Gasteiger partial charge is 0.325 e. The third-order valence-corrected chi connectivity index (χ3v) is 4.42. The number of phenolic OH excluding ortho intramolecular Hbond substituents is 1. The molecule has 2 rings (SSSR count). The van der Waals surface area contributed by atoms with Gasteiger partial charge in [-0.3, -0.25) is 9.59 Å². The van der Waals surface area contributed by atoms with Gasteiger partial charge in [0, 0.05) is 11.6 Å². The lowest BCUT2D eigenvalue weighted by Crippen LogP contribution is -2.42. The minimum absolute atomic E-state index is 0.00490. The number of carbonyl (C=O) groups is 2. The van der Waals surface area contributed by atoms with E-state index in [4.69, 9.17) is 0 Å². The van der Waals surface area contributed by atoms with Crippen LogP contribution in [0.1, 0.15) is 36.0 Å². The van der Waals surface area contributed by atoms with Crippen molar-refractivity contribution in [1.29, 1.82) is 0 Å². The van der Waals surface area contributed by atoms with Gasteiger partial charge in [-0.15, -0.1) is 0 Å². The van der Waals surface area contributed by atoms with E-state index in [0.29, 0.717) is 10.0 Å². The molecule has 6 heteroatoms. The molecule has 1 aliphatic carbocycles. The van der Waals surface area contributed by atoms with Crippen LogP contribution in [0, 0.1) is 0 Å². The lowest BCUT2D eigenvalue weighted by molar-refractivity contribution is -0.141. The maximum Gasteiger partial charge on any atom is 0.325 e. The summed E-state index contributed by atoms with van der Waals surface area (Å²) in [5, 5.41) is 9.71. The number of rotatable bonds is 4. The fraction of sp³-hybridized carbons (Fsp3) is 0.467. The van der Waals surface area contributed by atoms with Gasteiger partial charge in [0.05, 0.1) is 11.6 Å². The Morgan fingerprint density at radius 3 is 2.62 bits per heavy atom. The van der Waals surface area contributed by atoms with Crippen LogP contribution in [0.5, 0.6) is 5.75 Å². The van der Waals surface area contributed by atoms with Crippen molar-refractivity contribution in [3.05, 3.63) is 28.2 Å². The third-order valence-electron chi connectivity index (χ3n) is 3.75. The molecule has 0 atom stereocenters. The topological polar surface area (TPSA) is 66.8 Å². The lowest BCUT2D eigenvalue weighted by Gasteiger charge is -2.28. The van der Waals surface area contributed by atoms with E-state index in [1.54, 1.807) is 17.0 Å². The highest BCUT2D eigenvalue weighted by atomic mass is 79.9. The number of esters is 1. The summed E-state index contributed by atoms with van der Waals surface area (Å²) in [6.45, 7) is -0.0587. The van der Waals surface area contributed by atoms with Crippen molar-refractivity contribution < 1.29 is 19.4 Å². The predicted octanol–water partition coefficient (Wildman–Crippen LogP) is 2.71. The van der Waals surface area contributed by atoms with Crippen LogP contribution in [-0.4, -0.2) is 41.6 Å². The Morgan fingerprint density at radius 1 is 1.38 bits per heavy atom. The normalized spacial score (nSPS) is 15.0. The number of amides is 1. The number of benzene rings is 1. The Kier molecular flexibility index (Phi) is 5.22. The number of halogens is 1. The maximum absolute atomic E-state index is 12.6. The summed E-state index contributed by atoms with van der Waals surface area (Å²) in [7, 11) is 1.31. The highest BCUT2D eigenvalue weighted by Gasteiger charge is 2.29. The number of aromatic hydroxyl groups is 1. The summed E-state index contributed by atoms with van der Waals surface area (Å²) in [6.07, 6.45) is 3.90. The van der Waals surface area contributed by atoms with E-state index in [9.17, 15) is 14.7 Å². The first-order valence-electron chi connectivity index (χ1n) is 6.89. The molecule has 0 spiro atoms. The van der Waals surface area contributed by atoms with Crippen molar-refractivity contribution in [2.24, 2.45) is 0 Å². The molecule has 1 aromatic carbocycles. The van der Waals surface area contributed by atoms with E-state index < -0.39 is 5.97 Å². The molecule has 21 heavy (non-hydrogen) atoms. The van der Waals surface area contributed by atoms with Gasteiger partial charge in [-0.2, -0.15) is 0 Å². The van der Waals surface area contributed by atoms with Crippen LogP contribution in [0.15, 0.2) is 22.7 Å². The molecule has 0 aliphatic heterocycles. The molecular formula is C15H18BrNO4. The quantitative estimate of drug-likeness (QED) is 0.843. The second-order valence-electron chi connectivity index (χ2n) is 5.11. The molecule has 0 aromatic heterocycles. The van der Waals surface area contributed by atoms with Crippen molar-refractivity contribution in [2.75, 3.05) is 13.7 Å². The van der Waals surface area contributed by atoms with Gasteiger partial charge in [-0.05, 0) is 47.0 Å². The van der Waals surface area contributed by atoms with Gasteiger partial charge in [0.25, 0.3) is 5.91 Å². The SMILES string of the molecule is COC(=O)CN(C(=O)c1ccc(Br)c(O)c1)C1CCCC1. The molecule has 0 saturated heterocycles. The third kappa shape index (κ3) is 3.75. The standard InChI is InChI=1S/C15H18BrNO4/c1-21-14(19)9-17(11-4-2-3-5-11)15(20)10-6-7-12(16)13(18)8-10/h6-8,11,18H,2-5,9H2,1H3. The average molecular weight is 356 g/mol. The van der Waals surface area contributed by atoms with Crippen molar-refractivity contribution in [1.82, 2.24) is 4.90 Å². The summed E-state index contributed by atoms with van der Waals surface area (Å²) in [5.41, 5.74) is 0.367.